The van der Waals surface area contributed by atoms with Crippen LogP contribution in [0.1, 0.15) is 23.2 Å². The van der Waals surface area contributed by atoms with Crippen LogP contribution in [0, 0.1) is 11.7 Å². The normalized spacial score (nSPS) is 21.5. The Balaban J connectivity index is 1.36. The zero-order valence-corrected chi connectivity index (χ0v) is 15.3. The van der Waals surface area contributed by atoms with Crippen molar-refractivity contribution in [1.29, 1.82) is 0 Å². The number of amides is 2. The Morgan fingerprint density at radius 2 is 1.82 bits per heavy atom. The van der Waals surface area contributed by atoms with Crippen LogP contribution in [0.4, 0.5) is 15.8 Å². The number of hydrogen-bond acceptors (Lipinski definition) is 3. The first-order valence-corrected chi connectivity index (χ1v) is 9.38. The van der Waals surface area contributed by atoms with Crippen LogP contribution in [0.2, 0.25) is 0 Å². The lowest BCUT2D eigenvalue weighted by atomic mass is 9.96. The first-order valence-electron chi connectivity index (χ1n) is 9.38. The van der Waals surface area contributed by atoms with Gasteiger partial charge in [0, 0.05) is 24.4 Å². The summed E-state index contributed by atoms with van der Waals surface area (Å²) in [5.74, 6) is -1.86. The summed E-state index contributed by atoms with van der Waals surface area (Å²) >= 11 is 0. The van der Waals surface area contributed by atoms with Gasteiger partial charge in [0.15, 0.2) is 6.67 Å². The second-order valence-corrected chi connectivity index (χ2v) is 7.26. The number of Topliss-reactive ketones (excluding diaryl/α,β-unsaturated/α-hetero) is 1. The standard InChI is InChI=1S/C21H20FN3O3/c22-15-6-7-18-17(12-15)19(26)21(28)25(18)13-24-10-8-14(9-11-24)20(27)23-16-4-2-1-3-5-16/h1-7,12,14H,8-11,13H2,(H,23,27)/p+1. The number of nitrogens with one attached hydrogen (secondary N) is 2. The second-order valence-electron chi connectivity index (χ2n) is 7.26. The monoisotopic (exact) mass is 382 g/mol. The lowest BCUT2D eigenvalue weighted by Gasteiger charge is -2.31. The molecule has 28 heavy (non-hydrogen) atoms. The van der Waals surface area contributed by atoms with Crippen molar-refractivity contribution in [1.82, 2.24) is 0 Å². The Kier molecular flexibility index (Phi) is 4.92. The molecule has 0 aromatic heterocycles. The molecule has 2 N–H and O–H groups in total. The lowest BCUT2D eigenvalue weighted by Crippen LogP contribution is -3.14. The molecule has 1 fully saturated rings. The van der Waals surface area contributed by atoms with E-state index in [-0.39, 0.29) is 17.4 Å². The molecule has 0 aliphatic carbocycles. The van der Waals surface area contributed by atoms with Crippen LogP contribution in [0.3, 0.4) is 0 Å². The number of carbonyl (C=O) groups is 3. The summed E-state index contributed by atoms with van der Waals surface area (Å²) in [4.78, 5) is 39.4. The van der Waals surface area contributed by atoms with Crippen molar-refractivity contribution >= 4 is 29.0 Å². The number of carbonyl (C=O) groups excluding carboxylic acids is 3. The summed E-state index contributed by atoms with van der Waals surface area (Å²) in [5.41, 5.74) is 1.38. The zero-order chi connectivity index (χ0) is 19.7. The molecule has 0 spiro atoms. The van der Waals surface area contributed by atoms with Gasteiger partial charge in [0.1, 0.15) is 5.82 Å². The van der Waals surface area contributed by atoms with Gasteiger partial charge in [0.05, 0.1) is 24.3 Å². The van der Waals surface area contributed by atoms with Crippen molar-refractivity contribution in [2.24, 2.45) is 5.92 Å². The molecule has 0 radical (unpaired) electrons. The van der Waals surface area contributed by atoms with Crippen molar-refractivity contribution in [3.8, 4) is 0 Å². The summed E-state index contributed by atoms with van der Waals surface area (Å²) in [7, 11) is 0. The highest BCUT2D eigenvalue weighted by Crippen LogP contribution is 2.28. The minimum absolute atomic E-state index is 0.0125. The molecule has 6 nitrogen and oxygen atoms in total. The Morgan fingerprint density at radius 3 is 2.54 bits per heavy atom. The van der Waals surface area contributed by atoms with Crippen LogP contribution >= 0.6 is 0 Å². The first kappa shape index (κ1) is 18.3. The molecule has 2 amide bonds. The van der Waals surface area contributed by atoms with Gasteiger partial charge < -0.3 is 10.2 Å². The molecule has 2 aliphatic rings. The molecule has 0 atom stereocenters. The van der Waals surface area contributed by atoms with E-state index in [1.165, 1.54) is 17.0 Å². The predicted molar refractivity (Wildman–Crippen MR) is 102 cm³/mol. The Hall–Kier alpha value is -3.06. The van der Waals surface area contributed by atoms with E-state index in [2.05, 4.69) is 5.32 Å². The van der Waals surface area contributed by atoms with Crippen LogP contribution < -0.4 is 15.1 Å². The molecular formula is C21H21FN3O3+. The number of quaternary nitrogens is 1. The third-order valence-electron chi connectivity index (χ3n) is 5.42. The average molecular weight is 382 g/mol. The molecule has 4 rings (SSSR count). The van der Waals surface area contributed by atoms with Gasteiger partial charge in [-0.1, -0.05) is 18.2 Å². The third kappa shape index (κ3) is 3.53. The van der Waals surface area contributed by atoms with E-state index in [9.17, 15) is 18.8 Å². The molecule has 144 valence electrons. The highest BCUT2D eigenvalue weighted by atomic mass is 19.1. The van der Waals surface area contributed by atoms with Crippen LogP contribution in [-0.2, 0) is 9.59 Å². The predicted octanol–water partition coefficient (Wildman–Crippen LogP) is 1.25. The maximum absolute atomic E-state index is 13.4. The van der Waals surface area contributed by atoms with Gasteiger partial charge in [0.25, 0.3) is 5.78 Å². The van der Waals surface area contributed by atoms with Gasteiger partial charge in [-0.2, -0.15) is 0 Å². The smallest absolute Gasteiger partial charge is 0.303 e. The number of para-hydroxylation sites is 1. The molecule has 0 unspecified atom stereocenters. The van der Waals surface area contributed by atoms with Crippen molar-refractivity contribution < 1.29 is 23.7 Å². The number of nitrogens with zero attached hydrogens (tertiary/aromatic N) is 1. The van der Waals surface area contributed by atoms with Gasteiger partial charge in [-0.3, -0.25) is 19.3 Å². The van der Waals surface area contributed by atoms with E-state index in [0.29, 0.717) is 25.2 Å². The molecule has 1 saturated heterocycles. The van der Waals surface area contributed by atoms with Crippen molar-refractivity contribution in [3.05, 3.63) is 59.9 Å². The van der Waals surface area contributed by atoms with E-state index in [1.54, 1.807) is 0 Å². The molecule has 2 aromatic carbocycles. The van der Waals surface area contributed by atoms with Gasteiger partial charge in [-0.05, 0) is 30.3 Å². The number of likely N-dealkylation sites (tertiary alicyclic amines) is 1. The average Bonchev–Trinajstić information content (AvgIpc) is 2.94. The fraction of sp³-hybridized carbons (Fsp3) is 0.286. The minimum Gasteiger partial charge on any atom is -0.326 e. The van der Waals surface area contributed by atoms with Crippen LogP contribution in [-0.4, -0.2) is 37.4 Å². The number of hydrogen-bond donors (Lipinski definition) is 2. The van der Waals surface area contributed by atoms with E-state index in [0.717, 1.165) is 29.7 Å². The quantitative estimate of drug-likeness (QED) is 0.782. The van der Waals surface area contributed by atoms with Gasteiger partial charge in [-0.15, -0.1) is 0 Å². The highest BCUT2D eigenvalue weighted by Gasteiger charge is 2.39. The molecule has 0 bridgehead atoms. The van der Waals surface area contributed by atoms with E-state index >= 15 is 0 Å². The number of anilines is 2. The number of ketones is 1. The van der Waals surface area contributed by atoms with Crippen LogP contribution in [0.25, 0.3) is 0 Å². The highest BCUT2D eigenvalue weighted by molar-refractivity contribution is 6.52. The summed E-state index contributed by atoms with van der Waals surface area (Å²) in [6.45, 7) is 1.79. The molecule has 2 aromatic rings. The summed E-state index contributed by atoms with van der Waals surface area (Å²) in [5, 5.41) is 2.94. The molecule has 2 aliphatic heterocycles. The number of benzene rings is 2. The molecular weight excluding hydrogens is 361 g/mol. The number of rotatable bonds is 4. The van der Waals surface area contributed by atoms with Gasteiger partial charge in [-0.25, -0.2) is 4.39 Å². The Labute approximate surface area is 161 Å². The summed E-state index contributed by atoms with van der Waals surface area (Å²) in [6.07, 6.45) is 1.42. The number of halogens is 1. The summed E-state index contributed by atoms with van der Waals surface area (Å²) < 4.78 is 13.4. The SMILES string of the molecule is O=C1C(=O)N(C[NH+]2CCC(C(=O)Nc3ccccc3)CC2)c2ccc(F)cc21. The van der Waals surface area contributed by atoms with Crippen LogP contribution in [0.5, 0.6) is 0 Å². The number of fused-ring (bicyclic) bond motifs is 1. The van der Waals surface area contributed by atoms with Crippen molar-refractivity contribution in [2.45, 2.75) is 12.8 Å². The zero-order valence-electron chi connectivity index (χ0n) is 15.3. The van der Waals surface area contributed by atoms with Gasteiger partial charge >= 0.3 is 5.91 Å². The van der Waals surface area contributed by atoms with Crippen molar-refractivity contribution in [3.63, 3.8) is 0 Å². The summed E-state index contributed by atoms with van der Waals surface area (Å²) in [6, 6.07) is 13.2. The van der Waals surface area contributed by atoms with Gasteiger partial charge in [0.2, 0.25) is 5.91 Å². The second kappa shape index (κ2) is 7.52. The topological polar surface area (TPSA) is 70.9 Å². The fourth-order valence-electron chi connectivity index (χ4n) is 3.87. The Morgan fingerprint density at radius 1 is 1.11 bits per heavy atom. The Bertz CT molecular complexity index is 924. The lowest BCUT2D eigenvalue weighted by molar-refractivity contribution is -0.904. The maximum Gasteiger partial charge on any atom is 0.303 e. The molecule has 2 heterocycles. The number of piperidine rings is 1. The van der Waals surface area contributed by atoms with E-state index in [4.69, 9.17) is 0 Å². The largest absolute Gasteiger partial charge is 0.326 e. The van der Waals surface area contributed by atoms with Crippen LogP contribution in [0.15, 0.2) is 48.5 Å². The third-order valence-corrected chi connectivity index (χ3v) is 5.42. The molecule has 7 heteroatoms. The minimum atomic E-state index is -0.661. The maximum atomic E-state index is 13.4. The van der Waals surface area contributed by atoms with E-state index in [1.807, 2.05) is 30.3 Å². The first-order chi connectivity index (χ1) is 13.5. The van der Waals surface area contributed by atoms with E-state index < -0.39 is 17.5 Å². The fourth-order valence-corrected chi connectivity index (χ4v) is 3.87. The van der Waals surface area contributed by atoms with Crippen molar-refractivity contribution in [2.75, 3.05) is 30.0 Å². The molecule has 0 saturated carbocycles.